The summed E-state index contributed by atoms with van der Waals surface area (Å²) in [6, 6.07) is 7.47. The van der Waals surface area contributed by atoms with Crippen LogP contribution in [0.3, 0.4) is 0 Å². The second-order valence-electron chi connectivity index (χ2n) is 4.07. The second kappa shape index (κ2) is 5.60. The average molecular weight is 244 g/mol. The number of esters is 1. The highest BCUT2D eigenvalue weighted by atomic mass is 16.5. The zero-order valence-electron chi connectivity index (χ0n) is 10.3. The first-order chi connectivity index (χ1) is 8.72. The molecule has 0 amide bonds. The lowest BCUT2D eigenvalue weighted by Crippen LogP contribution is -2.17. The normalized spacial score (nSPS) is 12.3. The molecule has 0 aliphatic heterocycles. The van der Waals surface area contributed by atoms with E-state index in [2.05, 4.69) is 4.98 Å². The van der Waals surface area contributed by atoms with Crippen molar-refractivity contribution in [2.24, 2.45) is 5.73 Å². The number of ether oxygens (including phenoxy) is 1. The molecule has 0 spiro atoms. The number of carbonyl (C=O) groups is 1. The van der Waals surface area contributed by atoms with Gasteiger partial charge in [-0.3, -0.25) is 9.78 Å². The van der Waals surface area contributed by atoms with Gasteiger partial charge < -0.3 is 10.5 Å². The lowest BCUT2D eigenvalue weighted by Gasteiger charge is -2.13. The summed E-state index contributed by atoms with van der Waals surface area (Å²) >= 11 is 0. The highest BCUT2D eigenvalue weighted by molar-refractivity contribution is 5.85. The molecule has 4 heteroatoms. The van der Waals surface area contributed by atoms with E-state index in [-0.39, 0.29) is 18.4 Å². The smallest absolute Gasteiger partial charge is 0.307 e. The van der Waals surface area contributed by atoms with E-state index in [1.54, 1.807) is 19.3 Å². The zero-order valence-corrected chi connectivity index (χ0v) is 10.3. The van der Waals surface area contributed by atoms with Crippen molar-refractivity contribution in [3.8, 4) is 0 Å². The van der Waals surface area contributed by atoms with E-state index in [1.807, 2.05) is 24.3 Å². The molecule has 1 aromatic carbocycles. The number of pyridine rings is 1. The molecule has 2 N–H and O–H groups in total. The molecule has 0 saturated heterocycles. The SMILES string of the molecule is CCOC(=O)C[C@H](N)c1cncc2ccccc12. The highest BCUT2D eigenvalue weighted by Gasteiger charge is 2.15. The molecule has 0 unspecified atom stereocenters. The van der Waals surface area contributed by atoms with Gasteiger partial charge in [-0.1, -0.05) is 24.3 Å². The molecule has 2 rings (SSSR count). The molecule has 1 heterocycles. The third-order valence-electron chi connectivity index (χ3n) is 2.79. The fourth-order valence-electron chi connectivity index (χ4n) is 1.94. The fraction of sp³-hybridized carbons (Fsp3) is 0.286. The van der Waals surface area contributed by atoms with Gasteiger partial charge in [0.05, 0.1) is 13.0 Å². The monoisotopic (exact) mass is 244 g/mol. The molecular formula is C14H16N2O2. The van der Waals surface area contributed by atoms with E-state index in [9.17, 15) is 4.79 Å². The van der Waals surface area contributed by atoms with E-state index in [4.69, 9.17) is 10.5 Å². The Morgan fingerprint density at radius 1 is 1.39 bits per heavy atom. The number of hydrogen-bond donors (Lipinski definition) is 1. The summed E-state index contributed by atoms with van der Waals surface area (Å²) in [6.07, 6.45) is 3.67. The average Bonchev–Trinajstić information content (AvgIpc) is 2.38. The van der Waals surface area contributed by atoms with Crippen LogP contribution in [-0.2, 0) is 9.53 Å². The number of benzene rings is 1. The van der Waals surface area contributed by atoms with Gasteiger partial charge in [0, 0.05) is 23.8 Å². The summed E-state index contributed by atoms with van der Waals surface area (Å²) in [5.41, 5.74) is 6.93. The van der Waals surface area contributed by atoms with E-state index >= 15 is 0 Å². The number of rotatable bonds is 4. The first kappa shape index (κ1) is 12.5. The third kappa shape index (κ3) is 2.65. The minimum absolute atomic E-state index is 0.170. The first-order valence-corrected chi connectivity index (χ1v) is 5.96. The van der Waals surface area contributed by atoms with Crippen LogP contribution in [0.2, 0.25) is 0 Å². The Kier molecular flexibility index (Phi) is 3.89. The van der Waals surface area contributed by atoms with Crippen molar-refractivity contribution in [2.45, 2.75) is 19.4 Å². The lowest BCUT2D eigenvalue weighted by molar-refractivity contribution is -0.143. The Bertz CT molecular complexity index is 549. The predicted octanol–water partition coefficient (Wildman–Crippen LogP) is 2.19. The molecule has 2 aromatic rings. The Balaban J connectivity index is 2.27. The number of hydrogen-bond acceptors (Lipinski definition) is 4. The van der Waals surface area contributed by atoms with Gasteiger partial charge in [0.2, 0.25) is 0 Å². The van der Waals surface area contributed by atoms with Gasteiger partial charge in [-0.25, -0.2) is 0 Å². The number of fused-ring (bicyclic) bond motifs is 1. The van der Waals surface area contributed by atoms with Gasteiger partial charge in [0.25, 0.3) is 0 Å². The molecule has 0 aliphatic carbocycles. The largest absolute Gasteiger partial charge is 0.466 e. The maximum Gasteiger partial charge on any atom is 0.307 e. The second-order valence-corrected chi connectivity index (χ2v) is 4.07. The van der Waals surface area contributed by atoms with Crippen LogP contribution in [0.5, 0.6) is 0 Å². The minimum Gasteiger partial charge on any atom is -0.466 e. The lowest BCUT2D eigenvalue weighted by atomic mass is 10.0. The number of nitrogens with two attached hydrogens (primary N) is 1. The van der Waals surface area contributed by atoms with Gasteiger partial charge in [0.15, 0.2) is 0 Å². The number of aromatic nitrogens is 1. The third-order valence-corrected chi connectivity index (χ3v) is 2.79. The molecule has 4 nitrogen and oxygen atoms in total. The molecular weight excluding hydrogens is 228 g/mol. The van der Waals surface area contributed by atoms with Crippen molar-refractivity contribution in [1.82, 2.24) is 4.98 Å². The summed E-state index contributed by atoms with van der Waals surface area (Å²) in [5.74, 6) is -0.280. The first-order valence-electron chi connectivity index (χ1n) is 5.96. The topological polar surface area (TPSA) is 65.2 Å². The van der Waals surface area contributed by atoms with Crippen LogP contribution >= 0.6 is 0 Å². The van der Waals surface area contributed by atoms with E-state index in [0.717, 1.165) is 16.3 Å². The summed E-state index contributed by atoms with van der Waals surface area (Å²) in [7, 11) is 0. The Morgan fingerprint density at radius 3 is 2.94 bits per heavy atom. The minimum atomic E-state index is -0.386. The quantitative estimate of drug-likeness (QED) is 0.837. The van der Waals surface area contributed by atoms with Gasteiger partial charge in [-0.15, -0.1) is 0 Å². The van der Waals surface area contributed by atoms with Crippen molar-refractivity contribution in [3.63, 3.8) is 0 Å². The summed E-state index contributed by atoms with van der Waals surface area (Å²) in [5, 5.41) is 2.05. The van der Waals surface area contributed by atoms with E-state index in [0.29, 0.717) is 6.61 Å². The molecule has 1 atom stereocenters. The van der Waals surface area contributed by atoms with Gasteiger partial charge >= 0.3 is 5.97 Å². The van der Waals surface area contributed by atoms with Crippen molar-refractivity contribution in [2.75, 3.05) is 6.61 Å². The van der Waals surface area contributed by atoms with E-state index < -0.39 is 0 Å². The number of carbonyl (C=O) groups excluding carboxylic acids is 1. The molecule has 0 aliphatic rings. The molecule has 94 valence electrons. The van der Waals surface area contributed by atoms with E-state index in [1.165, 1.54) is 0 Å². The molecule has 18 heavy (non-hydrogen) atoms. The standard InChI is InChI=1S/C14H16N2O2/c1-2-18-14(17)7-13(15)12-9-16-8-10-5-3-4-6-11(10)12/h3-6,8-9,13H,2,7,15H2,1H3/t13-/m0/s1. The molecule has 0 bridgehead atoms. The van der Waals surface area contributed by atoms with Crippen molar-refractivity contribution in [1.29, 1.82) is 0 Å². The van der Waals surface area contributed by atoms with Crippen LogP contribution in [0, 0.1) is 0 Å². The maximum absolute atomic E-state index is 11.4. The van der Waals surface area contributed by atoms with Gasteiger partial charge in [0.1, 0.15) is 0 Å². The van der Waals surface area contributed by atoms with Crippen molar-refractivity contribution >= 4 is 16.7 Å². The van der Waals surface area contributed by atoms with Crippen LogP contribution in [0.1, 0.15) is 24.9 Å². The van der Waals surface area contributed by atoms with Crippen LogP contribution in [0.15, 0.2) is 36.7 Å². The highest BCUT2D eigenvalue weighted by Crippen LogP contribution is 2.23. The summed E-state index contributed by atoms with van der Waals surface area (Å²) in [6.45, 7) is 2.15. The summed E-state index contributed by atoms with van der Waals surface area (Å²) in [4.78, 5) is 15.6. The Morgan fingerprint density at radius 2 is 2.17 bits per heavy atom. The number of nitrogens with zero attached hydrogens (tertiary/aromatic N) is 1. The molecule has 0 saturated carbocycles. The Hall–Kier alpha value is -1.94. The molecule has 0 radical (unpaired) electrons. The predicted molar refractivity (Wildman–Crippen MR) is 69.9 cm³/mol. The van der Waals surface area contributed by atoms with Crippen LogP contribution in [0.4, 0.5) is 0 Å². The van der Waals surface area contributed by atoms with Crippen LogP contribution in [-0.4, -0.2) is 17.6 Å². The van der Waals surface area contributed by atoms with Gasteiger partial charge in [-0.2, -0.15) is 0 Å². The zero-order chi connectivity index (χ0) is 13.0. The molecule has 1 aromatic heterocycles. The molecule has 0 fully saturated rings. The summed E-state index contributed by atoms with van der Waals surface area (Å²) < 4.78 is 4.91. The van der Waals surface area contributed by atoms with Crippen LogP contribution in [0.25, 0.3) is 10.8 Å². The fourth-order valence-corrected chi connectivity index (χ4v) is 1.94. The Labute approximate surface area is 106 Å². The van der Waals surface area contributed by atoms with Crippen molar-refractivity contribution < 1.29 is 9.53 Å². The van der Waals surface area contributed by atoms with Gasteiger partial charge in [-0.05, 0) is 17.9 Å². The maximum atomic E-state index is 11.4. The van der Waals surface area contributed by atoms with Crippen LogP contribution < -0.4 is 5.73 Å². The van der Waals surface area contributed by atoms with Crippen molar-refractivity contribution in [3.05, 3.63) is 42.2 Å².